The van der Waals surface area contributed by atoms with Gasteiger partial charge in [-0.05, 0) is 0 Å². The van der Waals surface area contributed by atoms with Crippen molar-refractivity contribution in [2.24, 2.45) is 5.92 Å². The fourth-order valence-electron chi connectivity index (χ4n) is 2.20. The minimum Gasteiger partial charge on any atom is -0.481 e. The Labute approximate surface area is 109 Å². The number of halogens is 1. The predicted molar refractivity (Wildman–Crippen MR) is 67.2 cm³/mol. The van der Waals surface area contributed by atoms with E-state index in [2.05, 4.69) is 10.2 Å². The third-order valence-corrected chi connectivity index (χ3v) is 3.90. The molecule has 7 heteroatoms. The second-order valence-electron chi connectivity index (χ2n) is 4.08. The van der Waals surface area contributed by atoms with Gasteiger partial charge in [0, 0.05) is 25.1 Å². The summed E-state index contributed by atoms with van der Waals surface area (Å²) in [6.45, 7) is 0.583. The average Bonchev–Trinajstić information content (AvgIpc) is 2.84. The molecular formula is C10H12ClN3O2S. The van der Waals surface area contributed by atoms with Crippen LogP contribution in [0.5, 0.6) is 0 Å². The molecule has 2 N–H and O–H groups in total. The Morgan fingerprint density at radius 1 is 1.82 bits per heavy atom. The number of rotatable bonds is 3. The van der Waals surface area contributed by atoms with Gasteiger partial charge in [-0.3, -0.25) is 9.89 Å². The van der Waals surface area contributed by atoms with Gasteiger partial charge >= 0.3 is 5.97 Å². The molecular weight excluding hydrogens is 262 g/mol. The number of carboxylic acid groups (broad SMARTS) is 1. The van der Waals surface area contributed by atoms with Crippen molar-refractivity contribution in [3.8, 4) is 0 Å². The van der Waals surface area contributed by atoms with Crippen LogP contribution in [-0.4, -0.2) is 44.8 Å². The summed E-state index contributed by atoms with van der Waals surface area (Å²) in [6, 6.07) is 0. The van der Waals surface area contributed by atoms with Crippen molar-refractivity contribution in [3.05, 3.63) is 17.5 Å². The van der Waals surface area contributed by atoms with Gasteiger partial charge in [0.25, 0.3) is 0 Å². The molecule has 1 saturated heterocycles. The molecule has 0 saturated carbocycles. The molecule has 1 aromatic rings. The quantitative estimate of drug-likeness (QED) is 0.640. The minimum atomic E-state index is -0.897. The molecule has 2 atom stereocenters. The zero-order chi connectivity index (χ0) is 12.6. The first-order valence-electron chi connectivity index (χ1n) is 5.12. The molecule has 0 spiro atoms. The molecule has 0 radical (unpaired) electrons. The number of aromatic amines is 1. The van der Waals surface area contributed by atoms with Gasteiger partial charge in [-0.2, -0.15) is 5.10 Å². The first-order valence-corrected chi connectivity index (χ1v) is 6.06. The summed E-state index contributed by atoms with van der Waals surface area (Å²) in [5, 5.41) is 16.0. The lowest BCUT2D eigenvalue weighted by atomic mass is 9.89. The highest BCUT2D eigenvalue weighted by atomic mass is 35.5. The van der Waals surface area contributed by atoms with Crippen LogP contribution >= 0.6 is 23.8 Å². The normalized spacial score (nSPS) is 24.4. The maximum atomic E-state index is 11.3. The highest BCUT2D eigenvalue weighted by Gasteiger charge is 2.42. The Kier molecular flexibility index (Phi) is 3.35. The summed E-state index contributed by atoms with van der Waals surface area (Å²) < 4.78 is 0. The monoisotopic (exact) mass is 273 g/mol. The number of aromatic nitrogens is 2. The van der Waals surface area contributed by atoms with Gasteiger partial charge in [-0.1, -0.05) is 12.2 Å². The number of nitrogens with one attached hydrogen (secondary N) is 1. The lowest BCUT2D eigenvalue weighted by molar-refractivity contribution is -0.139. The van der Waals surface area contributed by atoms with Crippen molar-refractivity contribution >= 4 is 34.8 Å². The van der Waals surface area contributed by atoms with Gasteiger partial charge in [0.15, 0.2) is 0 Å². The van der Waals surface area contributed by atoms with Crippen molar-refractivity contribution < 1.29 is 9.90 Å². The van der Waals surface area contributed by atoms with E-state index in [-0.39, 0.29) is 11.8 Å². The molecule has 2 unspecified atom stereocenters. The first kappa shape index (κ1) is 12.3. The average molecular weight is 274 g/mol. The van der Waals surface area contributed by atoms with E-state index in [0.717, 1.165) is 11.3 Å². The summed E-state index contributed by atoms with van der Waals surface area (Å²) in [7, 11) is 1.80. The number of thiocarbonyl (C=S) groups is 1. The van der Waals surface area contributed by atoms with Crippen LogP contribution in [0.1, 0.15) is 17.2 Å². The number of nitrogens with zero attached hydrogens (tertiary/aromatic N) is 2. The number of likely N-dealkylation sites (N-methyl/N-ethyl adjacent to an activating group) is 1. The highest BCUT2D eigenvalue weighted by Crippen LogP contribution is 2.35. The van der Waals surface area contributed by atoms with Crippen LogP contribution in [0.25, 0.3) is 0 Å². The number of hydrogen-bond acceptors (Lipinski definition) is 3. The largest absolute Gasteiger partial charge is 0.481 e. The van der Waals surface area contributed by atoms with E-state index in [1.165, 1.54) is 0 Å². The van der Waals surface area contributed by atoms with Crippen LogP contribution in [0.2, 0.25) is 0 Å². The number of likely N-dealkylation sites (tertiary alicyclic amines) is 1. The number of H-pyrrole nitrogens is 1. The van der Waals surface area contributed by atoms with E-state index < -0.39 is 11.9 Å². The number of carboxylic acids is 1. The fourth-order valence-corrected chi connectivity index (χ4v) is 2.76. The van der Waals surface area contributed by atoms with E-state index in [9.17, 15) is 9.90 Å². The van der Waals surface area contributed by atoms with Gasteiger partial charge in [-0.25, -0.2) is 0 Å². The first-order chi connectivity index (χ1) is 8.06. The fraction of sp³-hybridized carbons (Fsp3) is 0.500. The molecule has 5 nitrogen and oxygen atoms in total. The smallest absolute Gasteiger partial charge is 0.314 e. The number of hydrogen-bond donors (Lipinski definition) is 2. The molecule has 0 aromatic carbocycles. The van der Waals surface area contributed by atoms with E-state index in [4.69, 9.17) is 23.8 Å². The van der Waals surface area contributed by atoms with E-state index in [1.807, 2.05) is 0 Å². The highest BCUT2D eigenvalue weighted by molar-refractivity contribution is 7.80. The van der Waals surface area contributed by atoms with Crippen molar-refractivity contribution in [1.82, 2.24) is 15.1 Å². The molecule has 2 rings (SSSR count). The molecule has 1 aliphatic rings. The summed E-state index contributed by atoms with van der Waals surface area (Å²) in [5.41, 5.74) is 1.61. The number of aliphatic carboxylic acids is 1. The lowest BCUT2D eigenvalue weighted by Crippen LogP contribution is -2.26. The molecule has 1 fully saturated rings. The number of carbonyl (C=O) groups is 1. The summed E-state index contributed by atoms with van der Waals surface area (Å²) in [6.07, 6.45) is 1.64. The Bertz CT molecular complexity index is 462. The standard InChI is InChI=1S/C10H12ClN3O2S/c1-14-4-6(8(9(14)17)10(15)16)5-3-12-13-7(5)2-11/h3,6,8H,2,4H2,1H3,(H,12,13)(H,15,16). The zero-order valence-corrected chi connectivity index (χ0v) is 10.8. The van der Waals surface area contributed by atoms with Gasteiger partial charge in [0.1, 0.15) is 5.92 Å². The van der Waals surface area contributed by atoms with Crippen LogP contribution in [0.15, 0.2) is 6.20 Å². The topological polar surface area (TPSA) is 69.2 Å². The molecule has 92 valence electrons. The van der Waals surface area contributed by atoms with Crippen molar-refractivity contribution in [2.75, 3.05) is 13.6 Å². The van der Waals surface area contributed by atoms with Crippen LogP contribution in [-0.2, 0) is 10.7 Å². The summed E-state index contributed by atoms with van der Waals surface area (Å²) in [4.78, 5) is 13.5. The second-order valence-corrected chi connectivity index (χ2v) is 4.76. The molecule has 1 aliphatic heterocycles. The van der Waals surface area contributed by atoms with Crippen molar-refractivity contribution in [1.29, 1.82) is 0 Å². The van der Waals surface area contributed by atoms with Gasteiger partial charge in [-0.15, -0.1) is 11.6 Å². The van der Waals surface area contributed by atoms with Crippen LogP contribution in [0.4, 0.5) is 0 Å². The number of alkyl halides is 1. The van der Waals surface area contributed by atoms with E-state index in [0.29, 0.717) is 11.5 Å². The third kappa shape index (κ3) is 2.02. The van der Waals surface area contributed by atoms with Crippen molar-refractivity contribution in [3.63, 3.8) is 0 Å². The maximum absolute atomic E-state index is 11.3. The Hall–Kier alpha value is -1.14. The molecule has 2 heterocycles. The lowest BCUT2D eigenvalue weighted by Gasteiger charge is -2.13. The zero-order valence-electron chi connectivity index (χ0n) is 9.18. The van der Waals surface area contributed by atoms with Gasteiger partial charge in [0.2, 0.25) is 0 Å². The second kappa shape index (κ2) is 4.62. The van der Waals surface area contributed by atoms with E-state index in [1.54, 1.807) is 18.1 Å². The third-order valence-electron chi connectivity index (χ3n) is 3.07. The van der Waals surface area contributed by atoms with Gasteiger partial charge < -0.3 is 10.0 Å². The summed E-state index contributed by atoms with van der Waals surface area (Å²) in [5.74, 6) is -1.47. The van der Waals surface area contributed by atoms with E-state index >= 15 is 0 Å². The maximum Gasteiger partial charge on any atom is 0.314 e. The molecule has 0 aliphatic carbocycles. The molecule has 17 heavy (non-hydrogen) atoms. The van der Waals surface area contributed by atoms with Crippen LogP contribution in [0, 0.1) is 5.92 Å². The van der Waals surface area contributed by atoms with Gasteiger partial charge in [0.05, 0.1) is 22.8 Å². The Morgan fingerprint density at radius 2 is 2.53 bits per heavy atom. The Balaban J connectivity index is 2.38. The minimum absolute atomic E-state index is 0.183. The predicted octanol–water partition coefficient (Wildman–Crippen LogP) is 1.21. The molecule has 1 aromatic heterocycles. The summed E-state index contributed by atoms with van der Waals surface area (Å²) >= 11 is 10.9. The Morgan fingerprint density at radius 3 is 3.12 bits per heavy atom. The van der Waals surface area contributed by atoms with Crippen LogP contribution in [0.3, 0.4) is 0 Å². The molecule has 0 amide bonds. The van der Waals surface area contributed by atoms with Crippen molar-refractivity contribution in [2.45, 2.75) is 11.8 Å². The van der Waals surface area contributed by atoms with Crippen LogP contribution < -0.4 is 0 Å². The molecule has 0 bridgehead atoms. The SMILES string of the molecule is CN1CC(c2cn[nH]c2CCl)C(C(=O)O)C1=S.